The highest BCUT2D eigenvalue weighted by Crippen LogP contribution is 2.37. The lowest BCUT2D eigenvalue weighted by atomic mass is 9.91. The van der Waals surface area contributed by atoms with Gasteiger partial charge in [0.25, 0.3) is 0 Å². The Hall–Kier alpha value is -4.19. The molecule has 0 heterocycles. The molecule has 36 heavy (non-hydrogen) atoms. The molecule has 0 saturated carbocycles. The fourth-order valence-electron chi connectivity index (χ4n) is 3.34. The fraction of sp³-hybridized carbons (Fsp3) is 0.233. The van der Waals surface area contributed by atoms with Crippen LogP contribution in [0.5, 0.6) is 17.2 Å². The van der Waals surface area contributed by atoms with E-state index in [1.165, 1.54) is 13.8 Å². The quantitative estimate of drug-likeness (QED) is 0.157. The lowest BCUT2D eigenvalue weighted by Crippen LogP contribution is -2.13. The van der Waals surface area contributed by atoms with Crippen LogP contribution >= 0.6 is 0 Å². The Balaban J connectivity index is 2.54. The van der Waals surface area contributed by atoms with Gasteiger partial charge in [0.15, 0.2) is 11.5 Å². The summed E-state index contributed by atoms with van der Waals surface area (Å²) in [7, 11) is 0. The molecule has 0 atom stereocenters. The van der Waals surface area contributed by atoms with E-state index < -0.39 is 17.9 Å². The van der Waals surface area contributed by atoms with Gasteiger partial charge in [0.05, 0.1) is 0 Å². The van der Waals surface area contributed by atoms with Gasteiger partial charge in [-0.25, -0.2) is 14.4 Å². The topological polar surface area (TPSA) is 78.9 Å². The molecule has 0 radical (unpaired) electrons. The molecule has 0 bridgehead atoms. The van der Waals surface area contributed by atoms with E-state index in [0.29, 0.717) is 17.7 Å². The molecule has 0 aliphatic carbocycles. The van der Waals surface area contributed by atoms with Crippen molar-refractivity contribution < 1.29 is 28.6 Å². The van der Waals surface area contributed by atoms with Crippen LogP contribution in [0, 0.1) is 0 Å². The second-order valence-electron chi connectivity index (χ2n) is 8.36. The summed E-state index contributed by atoms with van der Waals surface area (Å²) in [5.41, 5.74) is 4.62. The minimum absolute atomic E-state index is 0.110. The minimum Gasteiger partial charge on any atom is -0.423 e. The van der Waals surface area contributed by atoms with Crippen molar-refractivity contribution in [1.29, 1.82) is 0 Å². The SMILES string of the molecule is C=C(C)C(=O)Oc1ccc(C(CC)=C(CC)c2ccc(OC(=O)C(=C)C)c(OC(=O)C(=C)C)c2)cc1. The third kappa shape index (κ3) is 7.15. The first kappa shape index (κ1) is 28.1. The fourth-order valence-corrected chi connectivity index (χ4v) is 3.34. The molecule has 2 aromatic rings. The molecule has 0 aliphatic heterocycles. The molecular weight excluding hydrogens is 456 g/mol. The molecule has 6 heteroatoms. The van der Waals surface area contributed by atoms with Gasteiger partial charge in [-0.05, 0) is 80.2 Å². The van der Waals surface area contributed by atoms with Gasteiger partial charge in [-0.15, -0.1) is 0 Å². The molecule has 0 spiro atoms. The summed E-state index contributed by atoms with van der Waals surface area (Å²) >= 11 is 0. The minimum atomic E-state index is -0.627. The maximum Gasteiger partial charge on any atom is 0.338 e. The molecule has 2 rings (SSSR count). The van der Waals surface area contributed by atoms with Crippen LogP contribution in [0.3, 0.4) is 0 Å². The van der Waals surface area contributed by atoms with E-state index in [9.17, 15) is 14.4 Å². The van der Waals surface area contributed by atoms with Gasteiger partial charge in [0, 0.05) is 16.7 Å². The Kier molecular flexibility index (Phi) is 9.74. The number of esters is 3. The first-order valence-electron chi connectivity index (χ1n) is 11.6. The van der Waals surface area contributed by atoms with Crippen LogP contribution in [0.25, 0.3) is 11.1 Å². The number of carbonyl (C=O) groups is 3. The van der Waals surface area contributed by atoms with Gasteiger partial charge in [0.1, 0.15) is 5.75 Å². The van der Waals surface area contributed by atoms with E-state index in [4.69, 9.17) is 14.2 Å². The number of hydrogen-bond donors (Lipinski definition) is 0. The Morgan fingerprint density at radius 1 is 0.611 bits per heavy atom. The van der Waals surface area contributed by atoms with Crippen molar-refractivity contribution >= 4 is 29.1 Å². The van der Waals surface area contributed by atoms with Gasteiger partial charge in [-0.2, -0.15) is 0 Å². The highest BCUT2D eigenvalue weighted by atomic mass is 16.6. The average Bonchev–Trinajstić information content (AvgIpc) is 2.83. The zero-order valence-electron chi connectivity index (χ0n) is 21.5. The second kappa shape index (κ2) is 12.5. The molecule has 0 unspecified atom stereocenters. The Bertz CT molecular complexity index is 1240. The maximum atomic E-state index is 12.3. The standard InChI is InChI=1S/C30H32O6/c1-9-24(21-11-14-23(15-12-21)34-28(31)18(3)4)25(10-2)22-13-16-26(35-29(32)19(5)6)27(17-22)36-30(33)20(7)8/h11-17H,3,5,7,9-10H2,1-2,4,6,8H3. The predicted octanol–water partition coefficient (Wildman–Crippen LogP) is 6.86. The molecule has 2 aromatic carbocycles. The molecule has 0 aliphatic rings. The average molecular weight is 489 g/mol. The first-order chi connectivity index (χ1) is 17.0. The van der Waals surface area contributed by atoms with Crippen LogP contribution in [-0.2, 0) is 14.4 Å². The Morgan fingerprint density at radius 3 is 1.50 bits per heavy atom. The monoisotopic (exact) mass is 488 g/mol. The molecule has 0 aromatic heterocycles. The van der Waals surface area contributed by atoms with Crippen molar-refractivity contribution in [2.24, 2.45) is 0 Å². The van der Waals surface area contributed by atoms with E-state index >= 15 is 0 Å². The summed E-state index contributed by atoms with van der Waals surface area (Å²) in [6, 6.07) is 12.3. The zero-order chi connectivity index (χ0) is 27.0. The Labute approximate surface area is 212 Å². The normalized spacial score (nSPS) is 11.1. The molecule has 188 valence electrons. The number of hydrogen-bond acceptors (Lipinski definition) is 6. The van der Waals surface area contributed by atoms with Gasteiger partial charge >= 0.3 is 17.9 Å². The third-order valence-corrected chi connectivity index (χ3v) is 5.23. The summed E-state index contributed by atoms with van der Waals surface area (Å²) < 4.78 is 16.2. The Morgan fingerprint density at radius 2 is 1.03 bits per heavy atom. The van der Waals surface area contributed by atoms with Crippen LogP contribution in [0.15, 0.2) is 78.9 Å². The molecule has 0 saturated heterocycles. The van der Waals surface area contributed by atoms with Crippen molar-refractivity contribution in [3.63, 3.8) is 0 Å². The first-order valence-corrected chi connectivity index (χ1v) is 11.6. The van der Waals surface area contributed by atoms with Crippen LogP contribution in [0.1, 0.15) is 58.6 Å². The summed E-state index contributed by atoms with van der Waals surface area (Å²) in [6.45, 7) is 19.5. The molecule has 0 N–H and O–H groups in total. The summed E-state index contributed by atoms with van der Waals surface area (Å²) in [5, 5.41) is 0. The number of carbonyl (C=O) groups excluding carboxylic acids is 3. The van der Waals surface area contributed by atoms with E-state index in [1.54, 1.807) is 31.2 Å². The van der Waals surface area contributed by atoms with Crippen LogP contribution < -0.4 is 14.2 Å². The van der Waals surface area contributed by atoms with Crippen LogP contribution in [0.2, 0.25) is 0 Å². The number of benzene rings is 2. The molecule has 0 amide bonds. The van der Waals surface area contributed by atoms with Gasteiger partial charge < -0.3 is 14.2 Å². The highest BCUT2D eigenvalue weighted by Gasteiger charge is 2.18. The van der Waals surface area contributed by atoms with Gasteiger partial charge in [-0.3, -0.25) is 0 Å². The van der Waals surface area contributed by atoms with E-state index in [1.807, 2.05) is 32.0 Å². The maximum absolute atomic E-state index is 12.3. The summed E-state index contributed by atoms with van der Waals surface area (Å²) in [5.74, 6) is -1.08. The van der Waals surface area contributed by atoms with E-state index in [2.05, 4.69) is 19.7 Å². The number of rotatable bonds is 10. The van der Waals surface area contributed by atoms with Crippen molar-refractivity contribution in [2.45, 2.75) is 47.5 Å². The smallest absolute Gasteiger partial charge is 0.338 e. The van der Waals surface area contributed by atoms with Crippen molar-refractivity contribution in [3.8, 4) is 17.2 Å². The van der Waals surface area contributed by atoms with Crippen LogP contribution in [0.4, 0.5) is 0 Å². The number of ether oxygens (including phenoxy) is 3. The largest absolute Gasteiger partial charge is 0.423 e. The lowest BCUT2D eigenvalue weighted by molar-refractivity contribution is -0.132. The van der Waals surface area contributed by atoms with Crippen molar-refractivity contribution in [2.75, 3.05) is 0 Å². The lowest BCUT2D eigenvalue weighted by Gasteiger charge is -2.17. The second-order valence-corrected chi connectivity index (χ2v) is 8.36. The molecular formula is C30H32O6. The van der Waals surface area contributed by atoms with Gasteiger partial charge in [-0.1, -0.05) is 51.8 Å². The van der Waals surface area contributed by atoms with E-state index in [-0.39, 0.29) is 22.6 Å². The third-order valence-electron chi connectivity index (χ3n) is 5.23. The molecule has 6 nitrogen and oxygen atoms in total. The number of allylic oxidation sites excluding steroid dienone is 2. The molecule has 0 fully saturated rings. The zero-order valence-corrected chi connectivity index (χ0v) is 21.5. The summed E-state index contributed by atoms with van der Waals surface area (Å²) in [6.07, 6.45) is 1.41. The van der Waals surface area contributed by atoms with Crippen molar-refractivity contribution in [3.05, 3.63) is 90.0 Å². The van der Waals surface area contributed by atoms with E-state index in [0.717, 1.165) is 28.7 Å². The summed E-state index contributed by atoms with van der Waals surface area (Å²) in [4.78, 5) is 36.2. The predicted molar refractivity (Wildman–Crippen MR) is 142 cm³/mol. The van der Waals surface area contributed by atoms with Crippen molar-refractivity contribution in [1.82, 2.24) is 0 Å². The van der Waals surface area contributed by atoms with Crippen LogP contribution in [-0.4, -0.2) is 17.9 Å². The van der Waals surface area contributed by atoms with Gasteiger partial charge in [0.2, 0.25) is 0 Å². The highest BCUT2D eigenvalue weighted by molar-refractivity contribution is 5.94.